The van der Waals surface area contributed by atoms with Gasteiger partial charge in [0, 0.05) is 20.6 Å². The lowest BCUT2D eigenvalue weighted by molar-refractivity contribution is -0.139. The molecule has 0 aromatic heterocycles. The smallest absolute Gasteiger partial charge is 0.265 e. The summed E-state index contributed by atoms with van der Waals surface area (Å²) in [6.45, 7) is 1.55. The zero-order valence-corrected chi connectivity index (χ0v) is 16.2. The molecule has 1 aliphatic rings. The van der Waals surface area contributed by atoms with E-state index in [0.29, 0.717) is 26.3 Å². The Balaban J connectivity index is 2.09. The first-order chi connectivity index (χ1) is 12.3. The number of aliphatic hydroxyl groups is 1. The molecule has 4 nitrogen and oxygen atoms in total. The Morgan fingerprint density at radius 2 is 2.00 bits per heavy atom. The predicted molar refractivity (Wildman–Crippen MR) is 104 cm³/mol. The average molecular weight is 433 g/mol. The Morgan fingerprint density at radius 1 is 1.35 bits per heavy atom. The number of anilines is 1. The monoisotopic (exact) mass is 431 g/mol. The SMILES string of the molecule is C#CCN1C(=O)[C@](O)([C@H](C)C(=O)c2ccc(Cl)cc2)c2cc(Br)ccc21. The summed E-state index contributed by atoms with van der Waals surface area (Å²) in [5.41, 5.74) is -0.751. The number of carbonyl (C=O) groups is 2. The van der Waals surface area contributed by atoms with Crippen LogP contribution in [0.25, 0.3) is 0 Å². The van der Waals surface area contributed by atoms with Crippen molar-refractivity contribution in [2.24, 2.45) is 5.92 Å². The van der Waals surface area contributed by atoms with E-state index in [9.17, 15) is 14.7 Å². The standard InChI is InChI=1S/C20H15BrClNO3/c1-3-10-23-17-9-6-14(21)11-16(17)20(26,19(23)25)12(2)18(24)13-4-7-15(22)8-5-13/h1,4-9,11-12,26H,10H2,2H3/t12-,20+/m1/s1. The summed E-state index contributed by atoms with van der Waals surface area (Å²) in [4.78, 5) is 27.3. The van der Waals surface area contributed by atoms with Gasteiger partial charge in [0.05, 0.1) is 18.2 Å². The van der Waals surface area contributed by atoms with E-state index >= 15 is 0 Å². The summed E-state index contributed by atoms with van der Waals surface area (Å²) >= 11 is 9.22. The number of ketones is 1. The first kappa shape index (κ1) is 18.7. The highest BCUT2D eigenvalue weighted by molar-refractivity contribution is 9.10. The highest BCUT2D eigenvalue weighted by atomic mass is 79.9. The molecule has 1 aliphatic heterocycles. The van der Waals surface area contributed by atoms with Gasteiger partial charge in [0.25, 0.3) is 5.91 Å². The van der Waals surface area contributed by atoms with Crippen LogP contribution in [0.1, 0.15) is 22.8 Å². The van der Waals surface area contributed by atoms with Crippen molar-refractivity contribution in [3.8, 4) is 12.3 Å². The molecule has 2 atom stereocenters. The molecule has 1 amide bonds. The molecule has 0 spiro atoms. The largest absolute Gasteiger partial charge is 0.375 e. The van der Waals surface area contributed by atoms with Gasteiger partial charge in [-0.05, 0) is 42.5 Å². The number of hydrogen-bond donors (Lipinski definition) is 1. The van der Waals surface area contributed by atoms with Gasteiger partial charge in [0.2, 0.25) is 0 Å². The number of benzene rings is 2. The van der Waals surface area contributed by atoms with E-state index in [0.717, 1.165) is 0 Å². The van der Waals surface area contributed by atoms with Crippen LogP contribution in [-0.4, -0.2) is 23.3 Å². The predicted octanol–water partition coefficient (Wildman–Crippen LogP) is 3.79. The number of halogens is 2. The van der Waals surface area contributed by atoms with Gasteiger partial charge in [-0.25, -0.2) is 0 Å². The Hall–Kier alpha value is -2.13. The molecule has 0 saturated carbocycles. The number of nitrogens with zero attached hydrogens (tertiary/aromatic N) is 1. The van der Waals surface area contributed by atoms with Crippen LogP contribution in [0.4, 0.5) is 5.69 Å². The van der Waals surface area contributed by atoms with Gasteiger partial charge in [-0.3, -0.25) is 14.5 Å². The molecule has 26 heavy (non-hydrogen) atoms. The molecule has 0 unspecified atom stereocenters. The summed E-state index contributed by atoms with van der Waals surface area (Å²) in [6.07, 6.45) is 5.37. The number of rotatable bonds is 4. The van der Waals surface area contributed by atoms with Crippen molar-refractivity contribution in [2.45, 2.75) is 12.5 Å². The van der Waals surface area contributed by atoms with Crippen molar-refractivity contribution in [2.75, 3.05) is 11.4 Å². The van der Waals surface area contributed by atoms with Crippen LogP contribution in [0.15, 0.2) is 46.9 Å². The summed E-state index contributed by atoms with van der Waals surface area (Å²) in [7, 11) is 0. The number of terminal acetylenes is 1. The number of fused-ring (bicyclic) bond motifs is 1. The zero-order chi connectivity index (χ0) is 19.1. The van der Waals surface area contributed by atoms with E-state index in [4.69, 9.17) is 18.0 Å². The molecular weight excluding hydrogens is 418 g/mol. The Kier molecular flexibility index (Phi) is 4.94. The van der Waals surface area contributed by atoms with Gasteiger partial charge in [0.1, 0.15) is 0 Å². The number of Topliss-reactive ketones (excluding diaryl/α,β-unsaturated/α-hetero) is 1. The second-order valence-electron chi connectivity index (χ2n) is 6.12. The van der Waals surface area contributed by atoms with E-state index in [1.165, 1.54) is 4.90 Å². The molecule has 1 N–H and O–H groups in total. The second-order valence-corrected chi connectivity index (χ2v) is 7.47. The van der Waals surface area contributed by atoms with Gasteiger partial charge >= 0.3 is 0 Å². The first-order valence-electron chi connectivity index (χ1n) is 7.88. The maximum Gasteiger partial charge on any atom is 0.265 e. The van der Waals surface area contributed by atoms with Gasteiger partial charge in [0.15, 0.2) is 11.4 Å². The van der Waals surface area contributed by atoms with Crippen LogP contribution in [0.3, 0.4) is 0 Å². The van der Waals surface area contributed by atoms with E-state index in [2.05, 4.69) is 21.9 Å². The highest BCUT2D eigenvalue weighted by Crippen LogP contribution is 2.46. The van der Waals surface area contributed by atoms with Crippen molar-refractivity contribution >= 4 is 44.9 Å². The van der Waals surface area contributed by atoms with Crippen molar-refractivity contribution in [3.63, 3.8) is 0 Å². The lowest BCUT2D eigenvalue weighted by atomic mass is 9.79. The fourth-order valence-corrected chi connectivity index (χ4v) is 3.69. The van der Waals surface area contributed by atoms with Crippen LogP contribution in [0, 0.1) is 18.3 Å². The summed E-state index contributed by atoms with van der Waals surface area (Å²) in [5, 5.41) is 11.9. The molecular formula is C20H15BrClNO3. The van der Waals surface area contributed by atoms with Gasteiger partial charge in [-0.1, -0.05) is 40.4 Å². The summed E-state index contributed by atoms with van der Waals surface area (Å²) < 4.78 is 0.691. The first-order valence-corrected chi connectivity index (χ1v) is 9.05. The summed E-state index contributed by atoms with van der Waals surface area (Å²) in [5.74, 6) is 0.460. The molecule has 2 aromatic carbocycles. The zero-order valence-electron chi connectivity index (χ0n) is 13.9. The molecule has 0 saturated heterocycles. The third kappa shape index (κ3) is 2.84. The fraction of sp³-hybridized carbons (Fsp3) is 0.200. The molecule has 1 heterocycles. The third-order valence-corrected chi connectivity index (χ3v) is 5.37. The van der Waals surface area contributed by atoms with Crippen molar-refractivity contribution in [1.82, 2.24) is 0 Å². The molecule has 0 fully saturated rings. The lowest BCUT2D eigenvalue weighted by Crippen LogP contribution is -2.47. The Labute approximate surface area is 164 Å². The lowest BCUT2D eigenvalue weighted by Gasteiger charge is -2.28. The van der Waals surface area contributed by atoms with Crippen LogP contribution in [0.2, 0.25) is 5.02 Å². The highest BCUT2D eigenvalue weighted by Gasteiger charge is 2.55. The van der Waals surface area contributed by atoms with Gasteiger partial charge in [-0.2, -0.15) is 0 Å². The Morgan fingerprint density at radius 3 is 2.62 bits per heavy atom. The molecule has 2 aromatic rings. The van der Waals surface area contributed by atoms with Crippen molar-refractivity contribution in [3.05, 3.63) is 63.1 Å². The quantitative estimate of drug-likeness (QED) is 0.591. The molecule has 3 rings (SSSR count). The molecule has 132 valence electrons. The van der Waals surface area contributed by atoms with Crippen molar-refractivity contribution < 1.29 is 14.7 Å². The minimum atomic E-state index is -1.99. The molecule has 0 radical (unpaired) electrons. The third-order valence-electron chi connectivity index (χ3n) is 4.63. The van der Waals surface area contributed by atoms with Crippen molar-refractivity contribution in [1.29, 1.82) is 0 Å². The minimum Gasteiger partial charge on any atom is -0.375 e. The van der Waals surface area contributed by atoms with Crippen LogP contribution < -0.4 is 4.90 Å². The number of carbonyl (C=O) groups excluding carboxylic acids is 2. The maximum absolute atomic E-state index is 13.0. The summed E-state index contributed by atoms with van der Waals surface area (Å²) in [6, 6.07) is 11.4. The number of hydrogen-bond acceptors (Lipinski definition) is 3. The average Bonchev–Trinajstić information content (AvgIpc) is 2.84. The topological polar surface area (TPSA) is 57.6 Å². The molecule has 0 aliphatic carbocycles. The van der Waals surface area contributed by atoms with E-state index in [1.807, 2.05) is 0 Å². The normalized spacial score (nSPS) is 19.8. The van der Waals surface area contributed by atoms with Crippen LogP contribution >= 0.6 is 27.5 Å². The molecule has 6 heteroatoms. The van der Waals surface area contributed by atoms with E-state index < -0.39 is 17.4 Å². The van der Waals surface area contributed by atoms with Gasteiger partial charge in [-0.15, -0.1) is 6.42 Å². The van der Waals surface area contributed by atoms with E-state index in [1.54, 1.807) is 49.4 Å². The maximum atomic E-state index is 13.0. The fourth-order valence-electron chi connectivity index (χ4n) is 3.20. The second kappa shape index (κ2) is 6.88. The van der Waals surface area contributed by atoms with Crippen LogP contribution in [0.5, 0.6) is 0 Å². The Bertz CT molecular complexity index is 935. The minimum absolute atomic E-state index is 0.0115. The van der Waals surface area contributed by atoms with E-state index in [-0.39, 0.29) is 12.3 Å². The number of amides is 1. The van der Waals surface area contributed by atoms with Crippen LogP contribution in [-0.2, 0) is 10.4 Å². The molecule has 0 bridgehead atoms. The van der Waals surface area contributed by atoms with Gasteiger partial charge < -0.3 is 5.11 Å².